The van der Waals surface area contributed by atoms with Gasteiger partial charge in [0.05, 0.1) is 0 Å². The first-order valence-electron chi connectivity index (χ1n) is 6.47. The molecular formula is C13H14BrN5O. The van der Waals surface area contributed by atoms with E-state index in [1.54, 1.807) is 0 Å². The third-order valence-corrected chi connectivity index (χ3v) is 3.73. The van der Waals surface area contributed by atoms with E-state index in [1.165, 1.54) is 11.0 Å². The first kappa shape index (κ1) is 13.2. The molecule has 104 valence electrons. The van der Waals surface area contributed by atoms with Crippen LogP contribution < -0.4 is 0 Å². The van der Waals surface area contributed by atoms with Crippen LogP contribution in [0.1, 0.15) is 18.4 Å². The zero-order valence-electron chi connectivity index (χ0n) is 10.8. The molecule has 0 aliphatic heterocycles. The normalized spacial score (nSPS) is 14.2. The summed E-state index contributed by atoms with van der Waals surface area (Å²) in [5, 5.41) is 10.8. The van der Waals surface area contributed by atoms with Gasteiger partial charge in [0.2, 0.25) is 5.91 Å². The molecule has 0 spiro atoms. The van der Waals surface area contributed by atoms with Crippen LogP contribution in [0.2, 0.25) is 0 Å². The van der Waals surface area contributed by atoms with E-state index in [0.717, 1.165) is 22.9 Å². The number of nitrogens with zero attached hydrogens (tertiary/aromatic N) is 5. The molecule has 2 aromatic rings. The molecule has 1 aromatic heterocycles. The minimum Gasteiger partial charge on any atom is -0.334 e. The van der Waals surface area contributed by atoms with Gasteiger partial charge in [-0.25, -0.2) is 4.68 Å². The summed E-state index contributed by atoms with van der Waals surface area (Å²) in [5.41, 5.74) is 1.12. The Labute approximate surface area is 124 Å². The van der Waals surface area contributed by atoms with Crippen molar-refractivity contribution in [2.75, 3.05) is 0 Å². The Morgan fingerprint density at radius 1 is 1.45 bits per heavy atom. The fourth-order valence-electron chi connectivity index (χ4n) is 2.12. The SMILES string of the molecule is O=C(Cn1cnnn1)N(Cc1cccc(Br)c1)C1CC1. The number of halogens is 1. The molecule has 0 atom stereocenters. The van der Waals surface area contributed by atoms with Crippen molar-refractivity contribution in [2.45, 2.75) is 32.0 Å². The molecule has 7 heteroatoms. The van der Waals surface area contributed by atoms with Gasteiger partial charge in [-0.05, 0) is 41.0 Å². The molecule has 0 bridgehead atoms. The number of hydrogen-bond donors (Lipinski definition) is 0. The standard InChI is InChI=1S/C13H14BrN5O/c14-11-3-1-2-10(6-11)7-19(12-4-5-12)13(20)8-18-9-15-16-17-18/h1-3,6,9,12H,4-5,7-8H2. The van der Waals surface area contributed by atoms with E-state index in [2.05, 4.69) is 31.5 Å². The predicted molar refractivity (Wildman–Crippen MR) is 75.5 cm³/mol. The second kappa shape index (κ2) is 5.70. The van der Waals surface area contributed by atoms with Crippen molar-refractivity contribution in [2.24, 2.45) is 0 Å². The lowest BCUT2D eigenvalue weighted by molar-refractivity contribution is -0.133. The third-order valence-electron chi connectivity index (χ3n) is 3.24. The summed E-state index contributed by atoms with van der Waals surface area (Å²) in [4.78, 5) is 14.3. The van der Waals surface area contributed by atoms with Crippen LogP contribution in [0.4, 0.5) is 0 Å². The highest BCUT2D eigenvalue weighted by Crippen LogP contribution is 2.29. The minimum atomic E-state index is 0.0553. The number of carbonyl (C=O) groups is 1. The molecule has 20 heavy (non-hydrogen) atoms. The zero-order chi connectivity index (χ0) is 13.9. The summed E-state index contributed by atoms with van der Waals surface area (Å²) in [6.45, 7) is 0.822. The monoisotopic (exact) mass is 335 g/mol. The maximum absolute atomic E-state index is 12.4. The lowest BCUT2D eigenvalue weighted by Crippen LogP contribution is -2.35. The first-order valence-corrected chi connectivity index (χ1v) is 7.26. The number of hydrogen-bond acceptors (Lipinski definition) is 4. The fraction of sp³-hybridized carbons (Fsp3) is 0.385. The maximum atomic E-state index is 12.4. The van der Waals surface area contributed by atoms with Crippen LogP contribution in [0.3, 0.4) is 0 Å². The van der Waals surface area contributed by atoms with Gasteiger partial charge in [-0.1, -0.05) is 28.1 Å². The number of tetrazole rings is 1. The Morgan fingerprint density at radius 2 is 2.30 bits per heavy atom. The van der Waals surface area contributed by atoms with Crippen LogP contribution >= 0.6 is 15.9 Å². The highest BCUT2D eigenvalue weighted by atomic mass is 79.9. The molecule has 0 unspecified atom stereocenters. The molecule has 1 aromatic carbocycles. The Balaban J connectivity index is 1.70. The minimum absolute atomic E-state index is 0.0553. The van der Waals surface area contributed by atoms with E-state index in [-0.39, 0.29) is 12.5 Å². The van der Waals surface area contributed by atoms with Crippen LogP contribution in [-0.4, -0.2) is 37.1 Å². The van der Waals surface area contributed by atoms with Crippen LogP contribution in [0.25, 0.3) is 0 Å². The molecule has 1 saturated carbocycles. The number of amides is 1. The van der Waals surface area contributed by atoms with Crippen molar-refractivity contribution >= 4 is 21.8 Å². The fourth-order valence-corrected chi connectivity index (χ4v) is 2.57. The Hall–Kier alpha value is -1.76. The average molecular weight is 336 g/mol. The van der Waals surface area contributed by atoms with Gasteiger partial charge in [-0.15, -0.1) is 5.10 Å². The van der Waals surface area contributed by atoms with Gasteiger partial charge in [-0.2, -0.15) is 0 Å². The summed E-state index contributed by atoms with van der Waals surface area (Å²) >= 11 is 3.46. The van der Waals surface area contributed by atoms with Gasteiger partial charge >= 0.3 is 0 Å². The molecule has 0 N–H and O–H groups in total. The molecule has 1 aliphatic carbocycles. The molecule has 1 aliphatic rings. The topological polar surface area (TPSA) is 63.9 Å². The van der Waals surface area contributed by atoms with E-state index in [9.17, 15) is 4.79 Å². The summed E-state index contributed by atoms with van der Waals surface area (Å²) < 4.78 is 2.48. The van der Waals surface area contributed by atoms with Crippen molar-refractivity contribution in [1.29, 1.82) is 0 Å². The Morgan fingerprint density at radius 3 is 2.95 bits per heavy atom. The average Bonchev–Trinajstić information content (AvgIpc) is 3.14. The van der Waals surface area contributed by atoms with Crippen LogP contribution in [0.5, 0.6) is 0 Å². The van der Waals surface area contributed by atoms with Crippen molar-refractivity contribution in [1.82, 2.24) is 25.1 Å². The highest BCUT2D eigenvalue weighted by Gasteiger charge is 2.32. The van der Waals surface area contributed by atoms with E-state index >= 15 is 0 Å². The second-order valence-corrected chi connectivity index (χ2v) is 5.81. The Bertz CT molecular complexity index is 597. The summed E-state index contributed by atoms with van der Waals surface area (Å²) in [5.74, 6) is 0.0553. The van der Waals surface area contributed by atoms with Crippen molar-refractivity contribution < 1.29 is 4.79 Å². The second-order valence-electron chi connectivity index (χ2n) is 4.89. The van der Waals surface area contributed by atoms with Crippen LogP contribution in [0, 0.1) is 0 Å². The smallest absolute Gasteiger partial charge is 0.244 e. The molecule has 0 saturated heterocycles. The Kier molecular flexibility index (Phi) is 3.77. The molecule has 1 heterocycles. The van der Waals surface area contributed by atoms with Gasteiger partial charge in [-0.3, -0.25) is 4.79 Å². The molecule has 1 amide bonds. The lowest BCUT2D eigenvalue weighted by atomic mass is 10.2. The summed E-state index contributed by atoms with van der Waals surface area (Å²) in [7, 11) is 0. The molecule has 0 radical (unpaired) electrons. The molecule has 6 nitrogen and oxygen atoms in total. The van der Waals surface area contributed by atoms with Crippen molar-refractivity contribution in [3.8, 4) is 0 Å². The number of rotatable bonds is 5. The number of benzene rings is 1. The lowest BCUT2D eigenvalue weighted by Gasteiger charge is -2.22. The summed E-state index contributed by atoms with van der Waals surface area (Å²) in [6, 6.07) is 8.40. The van der Waals surface area contributed by atoms with Crippen molar-refractivity contribution in [3.05, 3.63) is 40.6 Å². The predicted octanol–water partition coefficient (Wildman–Crippen LogP) is 1.63. The first-order chi connectivity index (χ1) is 9.72. The molecule has 3 rings (SSSR count). The van der Waals surface area contributed by atoms with Gasteiger partial charge < -0.3 is 4.90 Å². The van der Waals surface area contributed by atoms with E-state index < -0.39 is 0 Å². The third kappa shape index (κ3) is 3.22. The number of carbonyl (C=O) groups excluding carboxylic acids is 1. The van der Waals surface area contributed by atoms with E-state index in [0.29, 0.717) is 12.6 Å². The van der Waals surface area contributed by atoms with Crippen molar-refractivity contribution in [3.63, 3.8) is 0 Å². The number of aromatic nitrogens is 4. The van der Waals surface area contributed by atoms with Gasteiger partial charge in [0.15, 0.2) is 0 Å². The van der Waals surface area contributed by atoms with Gasteiger partial charge in [0.1, 0.15) is 12.9 Å². The van der Waals surface area contributed by atoms with Crippen LogP contribution in [0.15, 0.2) is 35.1 Å². The van der Waals surface area contributed by atoms with Crippen LogP contribution in [-0.2, 0) is 17.9 Å². The van der Waals surface area contributed by atoms with Gasteiger partial charge in [0.25, 0.3) is 0 Å². The van der Waals surface area contributed by atoms with E-state index in [4.69, 9.17) is 0 Å². The van der Waals surface area contributed by atoms with E-state index in [1.807, 2.05) is 29.2 Å². The quantitative estimate of drug-likeness (QED) is 0.832. The largest absolute Gasteiger partial charge is 0.334 e. The molecule has 1 fully saturated rings. The highest BCUT2D eigenvalue weighted by molar-refractivity contribution is 9.10. The molecular weight excluding hydrogens is 322 g/mol. The maximum Gasteiger partial charge on any atom is 0.244 e. The summed E-state index contributed by atoms with van der Waals surface area (Å²) in [6.07, 6.45) is 3.62. The van der Waals surface area contributed by atoms with Gasteiger partial charge in [0, 0.05) is 17.1 Å². The zero-order valence-corrected chi connectivity index (χ0v) is 12.4.